The van der Waals surface area contributed by atoms with Crippen LogP contribution in [0.2, 0.25) is 0 Å². The highest BCUT2D eigenvalue weighted by atomic mass is 19.4. The maximum absolute atomic E-state index is 12.8. The summed E-state index contributed by atoms with van der Waals surface area (Å²) in [4.78, 5) is 12.1. The van der Waals surface area contributed by atoms with E-state index in [0.29, 0.717) is 13.2 Å². The lowest BCUT2D eigenvalue weighted by atomic mass is 9.99. The summed E-state index contributed by atoms with van der Waals surface area (Å²) >= 11 is 0. The summed E-state index contributed by atoms with van der Waals surface area (Å²) in [5.74, 6) is -0.432. The Balaban J connectivity index is 2.16. The van der Waals surface area contributed by atoms with Crippen molar-refractivity contribution in [2.75, 3.05) is 18.9 Å². The van der Waals surface area contributed by atoms with Crippen LogP contribution in [0.4, 0.5) is 18.9 Å². The zero-order chi connectivity index (χ0) is 15.6. The fourth-order valence-corrected chi connectivity index (χ4v) is 2.36. The van der Waals surface area contributed by atoms with E-state index in [1.54, 1.807) is 6.92 Å². The van der Waals surface area contributed by atoms with Gasteiger partial charge in [-0.2, -0.15) is 13.2 Å². The first-order valence-electron chi connectivity index (χ1n) is 6.65. The van der Waals surface area contributed by atoms with Gasteiger partial charge in [-0.15, -0.1) is 0 Å². The van der Waals surface area contributed by atoms with Crippen molar-refractivity contribution in [3.8, 4) is 0 Å². The molecule has 2 rings (SSSR count). The molecule has 116 valence electrons. The predicted molar refractivity (Wildman–Crippen MR) is 71.7 cm³/mol. The van der Waals surface area contributed by atoms with Crippen LogP contribution < -0.4 is 11.1 Å². The van der Waals surface area contributed by atoms with Gasteiger partial charge in [0.2, 0.25) is 0 Å². The van der Waals surface area contributed by atoms with Crippen LogP contribution in [-0.2, 0) is 10.9 Å². The molecule has 4 nitrogen and oxygen atoms in total. The van der Waals surface area contributed by atoms with Crippen molar-refractivity contribution in [3.05, 3.63) is 29.3 Å². The first kappa shape index (κ1) is 15.6. The number of nitrogens with one attached hydrogen (secondary N) is 1. The number of halogens is 3. The maximum Gasteiger partial charge on any atom is 0.418 e. The lowest BCUT2D eigenvalue weighted by molar-refractivity contribution is -0.136. The van der Waals surface area contributed by atoms with Crippen molar-refractivity contribution in [2.24, 2.45) is 5.92 Å². The zero-order valence-electron chi connectivity index (χ0n) is 11.5. The quantitative estimate of drug-likeness (QED) is 0.843. The lowest BCUT2D eigenvalue weighted by Gasteiger charge is -2.20. The van der Waals surface area contributed by atoms with Crippen LogP contribution in [-0.4, -0.2) is 25.2 Å². The molecule has 1 heterocycles. The smallest absolute Gasteiger partial charge is 0.398 e. The number of alkyl halides is 3. The number of anilines is 1. The van der Waals surface area contributed by atoms with Crippen molar-refractivity contribution in [3.63, 3.8) is 0 Å². The van der Waals surface area contributed by atoms with E-state index in [9.17, 15) is 18.0 Å². The molecule has 2 atom stereocenters. The molecule has 21 heavy (non-hydrogen) atoms. The molecule has 1 aliphatic rings. The summed E-state index contributed by atoms with van der Waals surface area (Å²) in [6.45, 7) is 2.98. The van der Waals surface area contributed by atoms with Crippen molar-refractivity contribution in [1.29, 1.82) is 0 Å². The SMILES string of the molecule is CC(NC(=O)c1cccc(C(F)(F)F)c1N)C1CCOC1. The molecule has 2 unspecified atom stereocenters. The summed E-state index contributed by atoms with van der Waals surface area (Å²) in [7, 11) is 0. The van der Waals surface area contributed by atoms with E-state index >= 15 is 0 Å². The van der Waals surface area contributed by atoms with Gasteiger partial charge in [-0.1, -0.05) is 6.07 Å². The number of hydrogen-bond acceptors (Lipinski definition) is 3. The number of amides is 1. The molecular formula is C14H17F3N2O2. The summed E-state index contributed by atoms with van der Waals surface area (Å²) in [5, 5.41) is 2.69. The fourth-order valence-electron chi connectivity index (χ4n) is 2.36. The number of nitrogen functional groups attached to an aromatic ring is 1. The first-order chi connectivity index (χ1) is 9.80. The van der Waals surface area contributed by atoms with Crippen LogP contribution >= 0.6 is 0 Å². The van der Waals surface area contributed by atoms with Crippen molar-refractivity contribution < 1.29 is 22.7 Å². The Labute approximate surface area is 120 Å². The van der Waals surface area contributed by atoms with Gasteiger partial charge in [-0.25, -0.2) is 0 Å². The van der Waals surface area contributed by atoms with Crippen molar-refractivity contribution in [2.45, 2.75) is 25.6 Å². The number of carbonyl (C=O) groups excluding carboxylic acids is 1. The third-order valence-electron chi connectivity index (χ3n) is 3.69. The molecule has 0 spiro atoms. The van der Waals surface area contributed by atoms with E-state index in [2.05, 4.69) is 5.32 Å². The molecule has 0 aromatic heterocycles. The van der Waals surface area contributed by atoms with Gasteiger partial charge in [-0.3, -0.25) is 4.79 Å². The molecule has 1 amide bonds. The molecule has 0 radical (unpaired) electrons. The van der Waals surface area contributed by atoms with Gasteiger partial charge in [0.05, 0.1) is 23.4 Å². The number of ether oxygens (including phenoxy) is 1. The average molecular weight is 302 g/mol. The van der Waals surface area contributed by atoms with Crippen LogP contribution in [0.5, 0.6) is 0 Å². The highest BCUT2D eigenvalue weighted by Gasteiger charge is 2.34. The molecule has 0 aliphatic carbocycles. The summed E-state index contributed by atoms with van der Waals surface area (Å²) < 4.78 is 43.5. The molecule has 0 bridgehead atoms. The van der Waals surface area contributed by atoms with E-state index < -0.39 is 23.3 Å². The van der Waals surface area contributed by atoms with Gasteiger partial charge < -0.3 is 15.8 Å². The second-order valence-corrected chi connectivity index (χ2v) is 5.15. The summed E-state index contributed by atoms with van der Waals surface area (Å²) in [5.41, 5.74) is 3.80. The van der Waals surface area contributed by atoms with E-state index in [-0.39, 0.29) is 17.5 Å². The normalized spacial score (nSPS) is 20.3. The Kier molecular flexibility index (Phi) is 4.41. The molecule has 1 saturated heterocycles. The number of rotatable bonds is 3. The Morgan fingerprint density at radius 2 is 2.19 bits per heavy atom. The van der Waals surface area contributed by atoms with E-state index in [0.717, 1.165) is 12.5 Å². The molecule has 1 aliphatic heterocycles. The maximum atomic E-state index is 12.8. The molecule has 0 saturated carbocycles. The zero-order valence-corrected chi connectivity index (χ0v) is 11.5. The third-order valence-corrected chi connectivity index (χ3v) is 3.69. The Morgan fingerprint density at radius 3 is 2.76 bits per heavy atom. The second-order valence-electron chi connectivity index (χ2n) is 5.15. The second kappa shape index (κ2) is 5.93. The van der Waals surface area contributed by atoms with Gasteiger partial charge in [0.25, 0.3) is 5.91 Å². The highest BCUT2D eigenvalue weighted by molar-refractivity contribution is 6.00. The van der Waals surface area contributed by atoms with Crippen LogP contribution in [0.15, 0.2) is 18.2 Å². The number of hydrogen-bond donors (Lipinski definition) is 2. The topological polar surface area (TPSA) is 64.4 Å². The number of carbonyl (C=O) groups is 1. The van der Waals surface area contributed by atoms with Gasteiger partial charge in [0.15, 0.2) is 0 Å². The minimum Gasteiger partial charge on any atom is -0.398 e. The van der Waals surface area contributed by atoms with E-state index in [1.165, 1.54) is 12.1 Å². The largest absolute Gasteiger partial charge is 0.418 e. The Morgan fingerprint density at radius 1 is 1.48 bits per heavy atom. The van der Waals surface area contributed by atoms with Crippen LogP contribution in [0.25, 0.3) is 0 Å². The predicted octanol–water partition coefficient (Wildman–Crippen LogP) is 2.44. The molecule has 3 N–H and O–H groups in total. The average Bonchev–Trinajstić information content (AvgIpc) is 2.91. The van der Waals surface area contributed by atoms with E-state index in [1.807, 2.05) is 0 Å². The van der Waals surface area contributed by atoms with Gasteiger partial charge in [0.1, 0.15) is 0 Å². The number of para-hydroxylation sites is 1. The van der Waals surface area contributed by atoms with Crippen LogP contribution in [0, 0.1) is 5.92 Å². The van der Waals surface area contributed by atoms with Crippen LogP contribution in [0.1, 0.15) is 29.3 Å². The molecule has 1 aromatic carbocycles. The Bertz CT molecular complexity index is 525. The molecule has 1 aromatic rings. The summed E-state index contributed by atoms with van der Waals surface area (Å²) in [6, 6.07) is 3.14. The minimum atomic E-state index is -4.58. The summed E-state index contributed by atoms with van der Waals surface area (Å²) in [6.07, 6.45) is -3.76. The number of benzene rings is 1. The standard InChI is InChI=1S/C14H17F3N2O2/c1-8(9-5-6-21-7-9)19-13(20)10-3-2-4-11(12(10)18)14(15,16)17/h2-4,8-9H,5-7,18H2,1H3,(H,19,20). The molecular weight excluding hydrogens is 285 g/mol. The highest BCUT2D eigenvalue weighted by Crippen LogP contribution is 2.35. The first-order valence-corrected chi connectivity index (χ1v) is 6.65. The van der Waals surface area contributed by atoms with Gasteiger partial charge in [-0.05, 0) is 25.5 Å². The third kappa shape index (κ3) is 3.47. The fraction of sp³-hybridized carbons (Fsp3) is 0.500. The van der Waals surface area contributed by atoms with Crippen molar-refractivity contribution >= 4 is 11.6 Å². The van der Waals surface area contributed by atoms with Crippen molar-refractivity contribution in [1.82, 2.24) is 5.32 Å². The molecule has 1 fully saturated rings. The number of nitrogens with two attached hydrogens (primary N) is 1. The van der Waals surface area contributed by atoms with E-state index in [4.69, 9.17) is 10.5 Å². The van der Waals surface area contributed by atoms with Crippen LogP contribution in [0.3, 0.4) is 0 Å². The minimum absolute atomic E-state index is 0.157. The van der Waals surface area contributed by atoms with Gasteiger partial charge >= 0.3 is 6.18 Å². The molecule has 7 heteroatoms. The Hall–Kier alpha value is -1.76. The lowest BCUT2D eigenvalue weighted by Crippen LogP contribution is -2.38. The monoisotopic (exact) mass is 302 g/mol. The van der Waals surface area contributed by atoms with Gasteiger partial charge in [0, 0.05) is 18.6 Å².